The van der Waals surface area contributed by atoms with E-state index in [1.54, 1.807) is 7.11 Å². The van der Waals surface area contributed by atoms with Crippen LogP contribution < -0.4 is 24.8 Å². The van der Waals surface area contributed by atoms with Crippen molar-refractivity contribution in [1.29, 1.82) is 0 Å². The highest BCUT2D eigenvalue weighted by Crippen LogP contribution is 2.33. The highest BCUT2D eigenvalue weighted by Gasteiger charge is 2.22. The number of aromatic nitrogens is 2. The Hall–Kier alpha value is -3.96. The third-order valence-electron chi connectivity index (χ3n) is 6.28. The summed E-state index contributed by atoms with van der Waals surface area (Å²) in [4.78, 5) is 18.4. The molecular formula is C27H31N7O3S. The minimum absolute atomic E-state index is 0.282. The summed E-state index contributed by atoms with van der Waals surface area (Å²) in [5.41, 5.74) is 3.70. The molecular weight excluding hydrogens is 502 g/mol. The first-order valence-electron chi connectivity index (χ1n) is 12.4. The van der Waals surface area contributed by atoms with Crippen LogP contribution in [-0.4, -0.2) is 70.9 Å². The van der Waals surface area contributed by atoms with Gasteiger partial charge in [-0.25, -0.2) is 9.97 Å². The molecule has 0 atom stereocenters. The standard InChI is InChI=1S/C27H31N7O3S/c1-18-14-19(2)29-25(28-18)31-26(32-27(38)30-21-6-4-5-7-22(21)35-3)34-12-10-33(11-13-34)16-20-8-9-23-24(15-20)37-17-36-23/h4-9,14-15H,10-13,16-17H2,1-3H3,(H2,28,29,30,31,32,38). The number of nitrogens with one attached hydrogen (secondary N) is 2. The number of aryl methyl sites for hydroxylation is 2. The molecule has 3 aromatic rings. The Labute approximate surface area is 227 Å². The Morgan fingerprint density at radius 2 is 1.71 bits per heavy atom. The lowest BCUT2D eigenvalue weighted by Gasteiger charge is -2.36. The van der Waals surface area contributed by atoms with Crippen LogP contribution in [0.5, 0.6) is 17.2 Å². The van der Waals surface area contributed by atoms with Gasteiger partial charge >= 0.3 is 0 Å². The van der Waals surface area contributed by atoms with Gasteiger partial charge in [-0.3, -0.25) is 10.2 Å². The van der Waals surface area contributed by atoms with Gasteiger partial charge in [0.05, 0.1) is 12.8 Å². The maximum atomic E-state index is 5.61. The van der Waals surface area contributed by atoms with Crippen molar-refractivity contribution >= 4 is 34.9 Å². The van der Waals surface area contributed by atoms with Gasteiger partial charge in [-0.1, -0.05) is 18.2 Å². The van der Waals surface area contributed by atoms with Crippen molar-refractivity contribution in [2.75, 3.05) is 50.7 Å². The van der Waals surface area contributed by atoms with Crippen molar-refractivity contribution in [2.45, 2.75) is 20.4 Å². The van der Waals surface area contributed by atoms with Gasteiger partial charge in [0.2, 0.25) is 23.8 Å². The lowest BCUT2D eigenvalue weighted by molar-refractivity contribution is 0.172. The highest BCUT2D eigenvalue weighted by molar-refractivity contribution is 7.80. The molecule has 2 aliphatic rings. The summed E-state index contributed by atoms with van der Waals surface area (Å²) in [6, 6.07) is 15.7. The SMILES string of the molecule is COc1ccccc1NC(=S)/N=C(\Nc1nc(C)cc(C)n1)N1CCN(Cc2ccc3c(c2)OCO3)CC1. The van der Waals surface area contributed by atoms with Crippen LogP contribution in [-0.2, 0) is 6.54 Å². The minimum Gasteiger partial charge on any atom is -0.495 e. The largest absolute Gasteiger partial charge is 0.495 e. The number of guanidine groups is 1. The first-order valence-corrected chi connectivity index (χ1v) is 12.9. The number of fused-ring (bicyclic) bond motifs is 1. The van der Waals surface area contributed by atoms with E-state index in [9.17, 15) is 0 Å². The van der Waals surface area contributed by atoms with E-state index in [1.807, 2.05) is 50.2 Å². The quantitative estimate of drug-likeness (QED) is 0.286. The Morgan fingerprint density at radius 1 is 0.974 bits per heavy atom. The molecule has 2 aromatic carbocycles. The first kappa shape index (κ1) is 25.7. The summed E-state index contributed by atoms with van der Waals surface area (Å²) in [7, 11) is 1.63. The summed E-state index contributed by atoms with van der Waals surface area (Å²) < 4.78 is 16.4. The monoisotopic (exact) mass is 533 g/mol. The second kappa shape index (κ2) is 11.6. The molecule has 3 heterocycles. The Morgan fingerprint density at radius 3 is 2.47 bits per heavy atom. The summed E-state index contributed by atoms with van der Waals surface area (Å²) in [5.74, 6) is 3.39. The number of hydrogen-bond acceptors (Lipinski definition) is 7. The Balaban J connectivity index is 1.29. The number of ether oxygens (including phenoxy) is 3. The van der Waals surface area contributed by atoms with Gasteiger partial charge in [0.15, 0.2) is 11.5 Å². The van der Waals surface area contributed by atoms with Gasteiger partial charge in [0.25, 0.3) is 0 Å². The maximum Gasteiger partial charge on any atom is 0.231 e. The average Bonchev–Trinajstić information content (AvgIpc) is 3.36. The molecule has 38 heavy (non-hydrogen) atoms. The lowest BCUT2D eigenvalue weighted by Crippen LogP contribution is -2.50. The predicted molar refractivity (Wildman–Crippen MR) is 151 cm³/mol. The van der Waals surface area contributed by atoms with Crippen LogP contribution in [0.15, 0.2) is 53.5 Å². The second-order valence-electron chi connectivity index (χ2n) is 9.12. The molecule has 5 rings (SSSR count). The van der Waals surface area contributed by atoms with Crippen molar-refractivity contribution in [1.82, 2.24) is 19.8 Å². The zero-order chi connectivity index (χ0) is 26.5. The van der Waals surface area contributed by atoms with E-state index >= 15 is 0 Å². The van der Waals surface area contributed by atoms with Crippen molar-refractivity contribution < 1.29 is 14.2 Å². The number of benzene rings is 2. The number of aliphatic imine (C=N–C) groups is 1. The third kappa shape index (κ3) is 6.29. The van der Waals surface area contributed by atoms with Crippen molar-refractivity contribution in [3.8, 4) is 17.2 Å². The van der Waals surface area contributed by atoms with Crippen LogP contribution in [0.2, 0.25) is 0 Å². The Kier molecular flexibility index (Phi) is 7.85. The van der Waals surface area contributed by atoms with E-state index in [0.29, 0.717) is 22.8 Å². The van der Waals surface area contributed by atoms with Crippen LogP contribution in [0, 0.1) is 13.8 Å². The molecule has 0 radical (unpaired) electrons. The van der Waals surface area contributed by atoms with E-state index < -0.39 is 0 Å². The van der Waals surface area contributed by atoms with Crippen LogP contribution in [0.3, 0.4) is 0 Å². The van der Waals surface area contributed by atoms with Gasteiger partial charge in [-0.05, 0) is 62.0 Å². The van der Waals surface area contributed by atoms with E-state index in [2.05, 4.69) is 42.5 Å². The molecule has 2 N–H and O–H groups in total. The molecule has 1 aromatic heterocycles. The summed E-state index contributed by atoms with van der Waals surface area (Å²) in [6.07, 6.45) is 0. The number of hydrogen-bond donors (Lipinski definition) is 2. The van der Waals surface area contributed by atoms with Crippen LogP contribution in [0.25, 0.3) is 0 Å². The predicted octanol–water partition coefficient (Wildman–Crippen LogP) is 3.81. The number of anilines is 2. The van der Waals surface area contributed by atoms with Gasteiger partial charge in [-0.15, -0.1) is 0 Å². The van der Waals surface area contributed by atoms with Crippen LogP contribution >= 0.6 is 12.2 Å². The lowest BCUT2D eigenvalue weighted by atomic mass is 10.1. The fourth-order valence-corrected chi connectivity index (χ4v) is 4.66. The van der Waals surface area contributed by atoms with E-state index in [1.165, 1.54) is 5.56 Å². The molecule has 1 fully saturated rings. The molecule has 0 spiro atoms. The topological polar surface area (TPSA) is 96.4 Å². The van der Waals surface area contributed by atoms with Crippen LogP contribution in [0.1, 0.15) is 17.0 Å². The first-order chi connectivity index (χ1) is 18.5. The van der Waals surface area contributed by atoms with Gasteiger partial charge < -0.3 is 24.4 Å². The number of para-hydroxylation sites is 2. The van der Waals surface area contributed by atoms with Crippen LogP contribution in [0.4, 0.5) is 11.6 Å². The molecule has 10 nitrogen and oxygen atoms in total. The summed E-state index contributed by atoms with van der Waals surface area (Å²) >= 11 is 5.61. The molecule has 0 unspecified atom stereocenters. The second-order valence-corrected chi connectivity index (χ2v) is 9.50. The normalized spacial score (nSPS) is 15.3. The molecule has 0 saturated carbocycles. The van der Waals surface area contributed by atoms with Gasteiger partial charge in [0.1, 0.15) is 5.75 Å². The van der Waals surface area contributed by atoms with Gasteiger partial charge in [-0.2, -0.15) is 4.99 Å². The fourth-order valence-electron chi connectivity index (χ4n) is 4.46. The molecule has 11 heteroatoms. The smallest absolute Gasteiger partial charge is 0.231 e. The zero-order valence-electron chi connectivity index (χ0n) is 21.7. The molecule has 0 aliphatic carbocycles. The molecule has 0 bridgehead atoms. The molecule has 198 valence electrons. The zero-order valence-corrected chi connectivity index (χ0v) is 22.5. The number of piperazine rings is 1. The van der Waals surface area contributed by atoms with Crippen molar-refractivity contribution in [2.24, 2.45) is 4.99 Å². The fraction of sp³-hybridized carbons (Fsp3) is 0.333. The van der Waals surface area contributed by atoms with E-state index in [0.717, 1.165) is 61.3 Å². The number of nitrogens with zero attached hydrogens (tertiary/aromatic N) is 5. The van der Waals surface area contributed by atoms with Crippen molar-refractivity contribution in [3.63, 3.8) is 0 Å². The molecule has 1 saturated heterocycles. The number of methoxy groups -OCH3 is 1. The Bertz CT molecular complexity index is 1320. The molecule has 2 aliphatic heterocycles. The highest BCUT2D eigenvalue weighted by atomic mass is 32.1. The maximum absolute atomic E-state index is 5.61. The summed E-state index contributed by atoms with van der Waals surface area (Å²) in [5, 5.41) is 6.80. The average molecular weight is 534 g/mol. The summed E-state index contributed by atoms with van der Waals surface area (Å²) in [6.45, 7) is 8.24. The van der Waals surface area contributed by atoms with E-state index in [-0.39, 0.29) is 6.79 Å². The number of thiocarbonyl (C=S) groups is 1. The number of rotatable bonds is 5. The van der Waals surface area contributed by atoms with E-state index in [4.69, 9.17) is 31.4 Å². The van der Waals surface area contributed by atoms with Gasteiger partial charge in [0, 0.05) is 44.1 Å². The third-order valence-corrected chi connectivity index (χ3v) is 6.47. The van der Waals surface area contributed by atoms with Crippen molar-refractivity contribution in [3.05, 3.63) is 65.5 Å². The minimum atomic E-state index is 0.282. The molecule has 0 amide bonds.